The van der Waals surface area contributed by atoms with Gasteiger partial charge in [0.2, 0.25) is 0 Å². The maximum Gasteiger partial charge on any atom is 0.325 e. The molecule has 0 aliphatic heterocycles. The fourth-order valence-electron chi connectivity index (χ4n) is 1.79. The summed E-state index contributed by atoms with van der Waals surface area (Å²) < 4.78 is 18.5. The smallest absolute Gasteiger partial charge is 0.325 e. The Morgan fingerprint density at radius 2 is 2.14 bits per heavy atom. The number of hydrogen-bond donors (Lipinski definition) is 0. The maximum absolute atomic E-state index is 13.6. The van der Waals surface area contributed by atoms with Crippen LogP contribution in [0.4, 0.5) is 15.8 Å². The molecule has 116 valence electrons. The minimum absolute atomic E-state index is 0.00930. The van der Waals surface area contributed by atoms with E-state index in [-0.39, 0.29) is 35.6 Å². The van der Waals surface area contributed by atoms with Gasteiger partial charge in [0.15, 0.2) is 0 Å². The Balaban J connectivity index is 3.27. The molecule has 0 aromatic heterocycles. The number of nitrogens with zero attached hydrogens (tertiary/aromatic N) is 2. The molecule has 0 unspecified atom stereocenters. The van der Waals surface area contributed by atoms with Crippen molar-refractivity contribution in [3.05, 3.63) is 33.1 Å². The van der Waals surface area contributed by atoms with Gasteiger partial charge in [-0.3, -0.25) is 14.9 Å². The van der Waals surface area contributed by atoms with Gasteiger partial charge >= 0.3 is 5.97 Å². The molecular weight excluding hydrogens is 303 g/mol. The molecule has 0 atom stereocenters. The van der Waals surface area contributed by atoms with E-state index in [0.29, 0.717) is 0 Å². The summed E-state index contributed by atoms with van der Waals surface area (Å²) in [5.41, 5.74) is -0.371. The third-order valence-corrected chi connectivity index (χ3v) is 3.04. The van der Waals surface area contributed by atoms with E-state index < -0.39 is 16.7 Å². The van der Waals surface area contributed by atoms with Crippen molar-refractivity contribution in [3.8, 4) is 0 Å². The molecule has 0 amide bonds. The summed E-state index contributed by atoms with van der Waals surface area (Å²) in [5, 5.41) is 10.8. The number of nitro benzene ring substituents is 1. The Kier molecular flexibility index (Phi) is 5.90. The Bertz CT molecular complexity index is 551. The monoisotopic (exact) mass is 318 g/mol. The molecule has 0 aliphatic rings. The molecule has 8 heteroatoms. The highest BCUT2D eigenvalue weighted by Crippen LogP contribution is 2.34. The number of esters is 1. The van der Waals surface area contributed by atoms with Gasteiger partial charge in [-0.2, -0.15) is 0 Å². The fraction of sp³-hybridized carbons (Fsp3) is 0.462. The van der Waals surface area contributed by atoms with Crippen LogP contribution < -0.4 is 4.90 Å². The third-order valence-electron chi connectivity index (χ3n) is 2.75. The van der Waals surface area contributed by atoms with Crippen LogP contribution in [0.1, 0.15) is 20.8 Å². The van der Waals surface area contributed by atoms with Crippen LogP contribution in [0.25, 0.3) is 0 Å². The van der Waals surface area contributed by atoms with Crippen LogP contribution in [-0.4, -0.2) is 30.1 Å². The molecule has 21 heavy (non-hydrogen) atoms. The predicted molar refractivity (Wildman–Crippen MR) is 77.2 cm³/mol. The van der Waals surface area contributed by atoms with Crippen LogP contribution in [0, 0.1) is 15.9 Å². The van der Waals surface area contributed by atoms with Gasteiger partial charge < -0.3 is 9.64 Å². The fourth-order valence-corrected chi connectivity index (χ4v) is 1.95. The maximum atomic E-state index is 13.6. The highest BCUT2D eigenvalue weighted by molar-refractivity contribution is 6.31. The minimum Gasteiger partial charge on any atom is -0.465 e. The van der Waals surface area contributed by atoms with Gasteiger partial charge in [0.05, 0.1) is 16.6 Å². The number of benzene rings is 1. The number of hydrogen-bond acceptors (Lipinski definition) is 5. The van der Waals surface area contributed by atoms with Crippen molar-refractivity contribution in [3.63, 3.8) is 0 Å². The van der Waals surface area contributed by atoms with Gasteiger partial charge in [-0.05, 0) is 20.8 Å². The lowest BCUT2D eigenvalue weighted by Crippen LogP contribution is -2.37. The van der Waals surface area contributed by atoms with E-state index >= 15 is 0 Å². The number of halogens is 2. The van der Waals surface area contributed by atoms with Crippen molar-refractivity contribution in [1.82, 2.24) is 0 Å². The highest BCUT2D eigenvalue weighted by Gasteiger charge is 2.26. The quantitative estimate of drug-likeness (QED) is 0.457. The Morgan fingerprint density at radius 3 is 2.62 bits per heavy atom. The topological polar surface area (TPSA) is 72.7 Å². The molecule has 0 heterocycles. The van der Waals surface area contributed by atoms with Crippen LogP contribution in [0.5, 0.6) is 0 Å². The van der Waals surface area contributed by atoms with Crippen LogP contribution >= 0.6 is 11.6 Å². The average molecular weight is 319 g/mol. The van der Waals surface area contributed by atoms with Crippen molar-refractivity contribution < 1.29 is 18.8 Å². The molecule has 0 saturated heterocycles. The zero-order chi connectivity index (χ0) is 16.2. The molecule has 0 saturated carbocycles. The predicted octanol–water partition coefficient (Wildman–Crippen LogP) is 3.17. The van der Waals surface area contributed by atoms with E-state index in [4.69, 9.17) is 16.3 Å². The van der Waals surface area contributed by atoms with E-state index in [9.17, 15) is 19.3 Å². The van der Waals surface area contributed by atoms with Crippen molar-refractivity contribution >= 4 is 28.9 Å². The van der Waals surface area contributed by atoms with Crippen LogP contribution in [0.3, 0.4) is 0 Å². The Morgan fingerprint density at radius 1 is 1.52 bits per heavy atom. The summed E-state index contributed by atoms with van der Waals surface area (Å²) in [7, 11) is 0. The number of nitro groups is 1. The molecule has 0 bridgehead atoms. The van der Waals surface area contributed by atoms with Crippen molar-refractivity contribution in [1.29, 1.82) is 0 Å². The van der Waals surface area contributed by atoms with Crippen LogP contribution in [-0.2, 0) is 9.53 Å². The molecule has 1 aromatic carbocycles. The minimum atomic E-state index is -0.785. The second-order valence-electron chi connectivity index (χ2n) is 4.54. The number of anilines is 1. The third kappa shape index (κ3) is 4.29. The Labute approximate surface area is 126 Å². The zero-order valence-corrected chi connectivity index (χ0v) is 12.7. The van der Waals surface area contributed by atoms with Crippen molar-refractivity contribution in [2.75, 3.05) is 18.1 Å². The second-order valence-corrected chi connectivity index (χ2v) is 4.95. The van der Waals surface area contributed by atoms with Crippen LogP contribution in [0.2, 0.25) is 5.02 Å². The Hall–Kier alpha value is -1.89. The molecule has 0 aliphatic carbocycles. The second kappa shape index (κ2) is 7.21. The standard InChI is InChI=1S/C13H16ClFN2O4/c1-4-21-13(18)7-16(8(2)3)11-6-10(15)9(14)5-12(11)17(19)20/h5-6,8H,4,7H2,1-3H3. The molecule has 0 radical (unpaired) electrons. The van der Waals surface area contributed by atoms with Gasteiger partial charge in [0.1, 0.15) is 18.0 Å². The summed E-state index contributed by atoms with van der Waals surface area (Å²) in [4.78, 5) is 23.4. The first kappa shape index (κ1) is 17.2. The first-order valence-electron chi connectivity index (χ1n) is 6.33. The molecular formula is C13H16ClFN2O4. The molecule has 6 nitrogen and oxygen atoms in total. The number of carbonyl (C=O) groups excluding carboxylic acids is 1. The first-order chi connectivity index (χ1) is 9.77. The lowest BCUT2D eigenvalue weighted by atomic mass is 10.2. The highest BCUT2D eigenvalue weighted by atomic mass is 35.5. The van der Waals surface area contributed by atoms with E-state index in [1.807, 2.05) is 0 Å². The van der Waals surface area contributed by atoms with Crippen molar-refractivity contribution in [2.45, 2.75) is 26.8 Å². The van der Waals surface area contributed by atoms with Gasteiger partial charge in [0, 0.05) is 18.2 Å². The van der Waals surface area contributed by atoms with E-state index in [0.717, 1.165) is 12.1 Å². The summed E-state index contributed by atoms with van der Waals surface area (Å²) >= 11 is 5.58. The molecule has 0 fully saturated rings. The zero-order valence-electron chi connectivity index (χ0n) is 11.9. The average Bonchev–Trinajstić information content (AvgIpc) is 2.38. The largest absolute Gasteiger partial charge is 0.465 e. The van der Waals surface area contributed by atoms with E-state index in [1.165, 1.54) is 4.90 Å². The van der Waals surface area contributed by atoms with E-state index in [1.54, 1.807) is 20.8 Å². The normalized spacial score (nSPS) is 10.6. The molecule has 1 rings (SSSR count). The van der Waals surface area contributed by atoms with Gasteiger partial charge in [-0.25, -0.2) is 4.39 Å². The first-order valence-corrected chi connectivity index (χ1v) is 6.71. The summed E-state index contributed by atoms with van der Waals surface area (Å²) in [6.45, 7) is 5.10. The summed E-state index contributed by atoms with van der Waals surface area (Å²) in [6.07, 6.45) is 0. The SMILES string of the molecule is CCOC(=O)CN(c1cc(F)c(Cl)cc1[N+](=O)[O-])C(C)C. The number of ether oxygens (including phenoxy) is 1. The lowest BCUT2D eigenvalue weighted by Gasteiger charge is -2.27. The van der Waals surface area contributed by atoms with Gasteiger partial charge in [-0.15, -0.1) is 0 Å². The number of rotatable bonds is 6. The lowest BCUT2D eigenvalue weighted by molar-refractivity contribution is -0.384. The molecule has 0 spiro atoms. The number of carbonyl (C=O) groups is 1. The van der Waals surface area contributed by atoms with E-state index in [2.05, 4.69) is 0 Å². The van der Waals surface area contributed by atoms with Crippen LogP contribution in [0.15, 0.2) is 12.1 Å². The molecule has 0 N–H and O–H groups in total. The van der Waals surface area contributed by atoms with Gasteiger partial charge in [0.25, 0.3) is 5.69 Å². The van der Waals surface area contributed by atoms with Crippen molar-refractivity contribution in [2.24, 2.45) is 0 Å². The van der Waals surface area contributed by atoms with Gasteiger partial charge in [-0.1, -0.05) is 11.6 Å². The molecule has 1 aromatic rings. The summed E-state index contributed by atoms with van der Waals surface area (Å²) in [5.74, 6) is -1.33. The summed E-state index contributed by atoms with van der Waals surface area (Å²) in [6, 6.07) is 1.63.